The summed E-state index contributed by atoms with van der Waals surface area (Å²) in [6, 6.07) is 19.2. The summed E-state index contributed by atoms with van der Waals surface area (Å²) in [4.78, 5) is 22.8. The van der Waals surface area contributed by atoms with E-state index in [0.29, 0.717) is 18.0 Å². The second kappa shape index (κ2) is 8.12. The Morgan fingerprint density at radius 2 is 1.93 bits per heavy atom. The Morgan fingerprint density at radius 3 is 2.72 bits per heavy atom. The first-order valence-corrected chi connectivity index (χ1v) is 9.25. The molecule has 0 fully saturated rings. The summed E-state index contributed by atoms with van der Waals surface area (Å²) in [5, 5.41) is 0.879. The molecule has 0 aliphatic carbocycles. The lowest BCUT2D eigenvalue weighted by molar-refractivity contribution is -0.118. The van der Waals surface area contributed by atoms with Gasteiger partial charge >= 0.3 is 6.01 Å². The molecule has 0 atom stereocenters. The molecule has 7 nitrogen and oxygen atoms in total. The molecule has 0 bridgehead atoms. The van der Waals surface area contributed by atoms with Gasteiger partial charge < -0.3 is 19.9 Å². The highest BCUT2D eigenvalue weighted by Crippen LogP contribution is 2.29. The van der Waals surface area contributed by atoms with E-state index in [1.165, 1.54) is 0 Å². The maximum Gasteiger partial charge on any atom is 0.322 e. The van der Waals surface area contributed by atoms with Gasteiger partial charge in [-0.05, 0) is 36.4 Å². The molecule has 2 heterocycles. The van der Waals surface area contributed by atoms with Gasteiger partial charge in [0.15, 0.2) is 0 Å². The summed E-state index contributed by atoms with van der Waals surface area (Å²) in [5.74, 6) is 0.610. The Morgan fingerprint density at radius 1 is 1.10 bits per heavy atom. The van der Waals surface area contributed by atoms with Crippen molar-refractivity contribution >= 4 is 22.5 Å². The molecule has 0 saturated carbocycles. The van der Waals surface area contributed by atoms with Crippen molar-refractivity contribution in [2.75, 3.05) is 11.9 Å². The van der Waals surface area contributed by atoms with Crippen LogP contribution in [0.5, 0.6) is 11.8 Å². The van der Waals surface area contributed by atoms with E-state index in [1.54, 1.807) is 24.2 Å². The average Bonchev–Trinajstić information content (AvgIpc) is 3.17. The fraction of sp³-hybridized carbons (Fsp3) is 0.136. The summed E-state index contributed by atoms with van der Waals surface area (Å²) in [7, 11) is 1.78. The van der Waals surface area contributed by atoms with Gasteiger partial charge in [-0.15, -0.1) is 0 Å². The SMILES string of the molecule is CN(C(=O)Cn1ccc2c(Oc3nccc(CN)n3)cccc21)c1ccccc1. The minimum atomic E-state index is -0.0148. The van der Waals surface area contributed by atoms with E-state index < -0.39 is 0 Å². The molecule has 2 N–H and O–H groups in total. The number of anilines is 1. The monoisotopic (exact) mass is 387 g/mol. The highest BCUT2D eigenvalue weighted by molar-refractivity contribution is 5.94. The Labute approximate surface area is 168 Å². The lowest BCUT2D eigenvalue weighted by Gasteiger charge is -2.18. The van der Waals surface area contributed by atoms with Crippen LogP contribution in [0.25, 0.3) is 10.9 Å². The van der Waals surface area contributed by atoms with E-state index >= 15 is 0 Å². The number of ether oxygens (including phenoxy) is 1. The van der Waals surface area contributed by atoms with Crippen molar-refractivity contribution in [2.24, 2.45) is 5.73 Å². The van der Waals surface area contributed by atoms with Gasteiger partial charge in [0.25, 0.3) is 0 Å². The topological polar surface area (TPSA) is 86.3 Å². The zero-order chi connectivity index (χ0) is 20.2. The third kappa shape index (κ3) is 3.95. The van der Waals surface area contributed by atoms with Crippen LogP contribution in [0.4, 0.5) is 5.69 Å². The van der Waals surface area contributed by atoms with Gasteiger partial charge in [-0.1, -0.05) is 24.3 Å². The molecule has 0 saturated heterocycles. The van der Waals surface area contributed by atoms with Crippen molar-refractivity contribution in [1.82, 2.24) is 14.5 Å². The molecular formula is C22H21N5O2. The number of carbonyl (C=O) groups excluding carboxylic acids is 1. The number of nitrogens with two attached hydrogens (primary N) is 1. The van der Waals surface area contributed by atoms with Crippen LogP contribution in [0.2, 0.25) is 0 Å². The first-order chi connectivity index (χ1) is 14.2. The molecule has 4 aromatic rings. The maximum atomic E-state index is 12.7. The molecule has 0 aliphatic rings. The number of hydrogen-bond acceptors (Lipinski definition) is 5. The summed E-state index contributed by atoms with van der Waals surface area (Å²) in [5.41, 5.74) is 8.09. The summed E-state index contributed by atoms with van der Waals surface area (Å²) >= 11 is 0. The maximum absolute atomic E-state index is 12.7. The van der Waals surface area contributed by atoms with Crippen LogP contribution < -0.4 is 15.4 Å². The zero-order valence-electron chi connectivity index (χ0n) is 16.0. The smallest absolute Gasteiger partial charge is 0.322 e. The van der Waals surface area contributed by atoms with Crippen LogP contribution in [-0.2, 0) is 17.9 Å². The van der Waals surface area contributed by atoms with Crippen LogP contribution in [0.15, 0.2) is 73.1 Å². The van der Waals surface area contributed by atoms with Crippen molar-refractivity contribution in [2.45, 2.75) is 13.1 Å². The molecule has 1 amide bonds. The molecule has 7 heteroatoms. The Hall–Kier alpha value is -3.71. The van der Waals surface area contributed by atoms with Gasteiger partial charge in [-0.2, -0.15) is 4.98 Å². The van der Waals surface area contributed by atoms with Crippen molar-refractivity contribution in [1.29, 1.82) is 0 Å². The first-order valence-electron chi connectivity index (χ1n) is 9.25. The third-order valence-electron chi connectivity index (χ3n) is 4.70. The predicted molar refractivity (Wildman–Crippen MR) is 112 cm³/mol. The van der Waals surface area contributed by atoms with E-state index in [-0.39, 0.29) is 18.5 Å². The van der Waals surface area contributed by atoms with Crippen LogP contribution in [0.3, 0.4) is 0 Å². The first kappa shape index (κ1) is 18.6. The van der Waals surface area contributed by atoms with Gasteiger partial charge in [0.05, 0.1) is 11.2 Å². The second-order valence-corrected chi connectivity index (χ2v) is 6.56. The van der Waals surface area contributed by atoms with E-state index in [1.807, 2.05) is 65.4 Å². The van der Waals surface area contributed by atoms with Gasteiger partial charge in [-0.25, -0.2) is 4.98 Å². The van der Waals surface area contributed by atoms with Gasteiger partial charge in [-0.3, -0.25) is 4.79 Å². The second-order valence-electron chi connectivity index (χ2n) is 6.56. The molecule has 0 aliphatic heterocycles. The van der Waals surface area contributed by atoms with E-state index in [2.05, 4.69) is 9.97 Å². The van der Waals surface area contributed by atoms with E-state index in [0.717, 1.165) is 16.6 Å². The number of hydrogen-bond donors (Lipinski definition) is 1. The minimum absolute atomic E-state index is 0.0148. The molecule has 2 aromatic heterocycles. The average molecular weight is 387 g/mol. The van der Waals surface area contributed by atoms with Crippen molar-refractivity contribution in [3.8, 4) is 11.8 Å². The van der Waals surface area contributed by atoms with Crippen molar-refractivity contribution in [3.05, 3.63) is 78.8 Å². The van der Waals surface area contributed by atoms with E-state index in [4.69, 9.17) is 10.5 Å². The van der Waals surface area contributed by atoms with Gasteiger partial charge in [0.2, 0.25) is 5.91 Å². The molecular weight excluding hydrogens is 366 g/mol. The molecule has 29 heavy (non-hydrogen) atoms. The number of nitrogens with zero attached hydrogens (tertiary/aromatic N) is 4. The number of carbonyl (C=O) groups is 1. The number of aromatic nitrogens is 3. The standard InChI is InChI=1S/C22H21N5O2/c1-26(17-6-3-2-4-7-17)21(28)15-27-13-11-18-19(27)8-5-9-20(18)29-22-24-12-10-16(14-23)25-22/h2-13H,14-15,23H2,1H3. The fourth-order valence-corrected chi connectivity index (χ4v) is 3.11. The number of amides is 1. The molecule has 0 unspecified atom stereocenters. The normalized spacial score (nSPS) is 10.8. The lowest BCUT2D eigenvalue weighted by atomic mass is 10.2. The van der Waals surface area contributed by atoms with Crippen LogP contribution in [-0.4, -0.2) is 27.5 Å². The fourth-order valence-electron chi connectivity index (χ4n) is 3.11. The molecule has 2 aromatic carbocycles. The number of para-hydroxylation sites is 1. The lowest BCUT2D eigenvalue weighted by Crippen LogP contribution is -2.29. The minimum Gasteiger partial charge on any atom is -0.424 e. The number of fused-ring (bicyclic) bond motifs is 1. The van der Waals surface area contributed by atoms with Crippen molar-refractivity contribution in [3.63, 3.8) is 0 Å². The Bertz CT molecular complexity index is 1140. The quantitative estimate of drug-likeness (QED) is 0.548. The Kier molecular flexibility index (Phi) is 5.22. The highest BCUT2D eigenvalue weighted by atomic mass is 16.5. The van der Waals surface area contributed by atoms with Crippen LogP contribution in [0.1, 0.15) is 5.69 Å². The molecule has 0 spiro atoms. The number of likely N-dealkylation sites (N-methyl/N-ethyl adjacent to an activating group) is 1. The van der Waals surface area contributed by atoms with Gasteiger partial charge in [0, 0.05) is 37.1 Å². The molecule has 4 rings (SSSR count). The largest absolute Gasteiger partial charge is 0.424 e. The van der Waals surface area contributed by atoms with Crippen LogP contribution in [0, 0.1) is 0 Å². The molecule has 146 valence electrons. The van der Waals surface area contributed by atoms with Crippen molar-refractivity contribution < 1.29 is 9.53 Å². The zero-order valence-corrected chi connectivity index (χ0v) is 16.0. The Balaban J connectivity index is 1.58. The number of benzene rings is 2. The predicted octanol–water partition coefficient (Wildman–Crippen LogP) is 3.35. The third-order valence-corrected chi connectivity index (χ3v) is 4.70. The summed E-state index contributed by atoms with van der Waals surface area (Å²) in [6.45, 7) is 0.536. The van der Waals surface area contributed by atoms with Gasteiger partial charge in [0.1, 0.15) is 12.3 Å². The highest BCUT2D eigenvalue weighted by Gasteiger charge is 2.14. The van der Waals surface area contributed by atoms with Crippen LogP contribution >= 0.6 is 0 Å². The summed E-state index contributed by atoms with van der Waals surface area (Å²) in [6.07, 6.45) is 3.50. The summed E-state index contributed by atoms with van der Waals surface area (Å²) < 4.78 is 7.79. The van der Waals surface area contributed by atoms with E-state index in [9.17, 15) is 4.79 Å². The molecule has 0 radical (unpaired) electrons. The number of rotatable bonds is 6.